The van der Waals surface area contributed by atoms with Crippen LogP contribution in [0, 0.1) is 0 Å². The summed E-state index contributed by atoms with van der Waals surface area (Å²) in [6.07, 6.45) is 1.88. The van der Waals surface area contributed by atoms with Gasteiger partial charge in [0, 0.05) is 24.7 Å². The molecular weight excluding hydrogens is 389 g/mol. The summed E-state index contributed by atoms with van der Waals surface area (Å²) in [6, 6.07) is 7.92. The average Bonchev–Trinajstić information content (AvgIpc) is 2.46. The van der Waals surface area contributed by atoms with E-state index in [1.165, 1.54) is 5.56 Å². The summed E-state index contributed by atoms with van der Waals surface area (Å²) >= 11 is 6.10. The van der Waals surface area contributed by atoms with Gasteiger partial charge < -0.3 is 15.4 Å². The fourth-order valence-electron chi connectivity index (χ4n) is 2.06. The number of ether oxygens (including phenoxy) is 1. The molecule has 0 spiro atoms. The van der Waals surface area contributed by atoms with Gasteiger partial charge in [0.15, 0.2) is 5.96 Å². The summed E-state index contributed by atoms with van der Waals surface area (Å²) in [6.45, 7) is 3.86. The van der Waals surface area contributed by atoms with Gasteiger partial charge in [-0.05, 0) is 24.5 Å². The van der Waals surface area contributed by atoms with Crippen molar-refractivity contribution in [3.05, 3.63) is 34.9 Å². The lowest BCUT2D eigenvalue weighted by atomic mass is 10.1. The van der Waals surface area contributed by atoms with E-state index in [2.05, 4.69) is 16.0 Å². The van der Waals surface area contributed by atoms with Crippen molar-refractivity contribution in [1.82, 2.24) is 4.90 Å². The largest absolute Gasteiger partial charge is 0.378 e. The molecule has 0 amide bonds. The molecule has 1 heterocycles. The average molecular weight is 410 g/mol. The predicted molar refractivity (Wildman–Crippen MR) is 94.1 cm³/mol. The first kappa shape index (κ1) is 17.5. The number of aryl methyl sites for hydroxylation is 1. The third-order valence-electron chi connectivity index (χ3n) is 3.17. The van der Waals surface area contributed by atoms with E-state index in [1.54, 1.807) is 0 Å². The molecule has 4 nitrogen and oxygen atoms in total. The Labute approximate surface area is 142 Å². The lowest BCUT2D eigenvalue weighted by Crippen LogP contribution is -2.44. The highest BCUT2D eigenvalue weighted by Gasteiger charge is 2.11. The van der Waals surface area contributed by atoms with Crippen LogP contribution in [-0.2, 0) is 11.2 Å². The third kappa shape index (κ3) is 5.46. The molecule has 1 aliphatic heterocycles. The molecule has 1 fully saturated rings. The van der Waals surface area contributed by atoms with Gasteiger partial charge in [0.25, 0.3) is 0 Å². The first-order valence-electron chi connectivity index (χ1n) is 6.63. The van der Waals surface area contributed by atoms with Crippen LogP contribution >= 0.6 is 35.6 Å². The highest BCUT2D eigenvalue weighted by Crippen LogP contribution is 2.16. The van der Waals surface area contributed by atoms with Crippen molar-refractivity contribution in [2.24, 2.45) is 10.7 Å². The lowest BCUT2D eigenvalue weighted by molar-refractivity contribution is 0.0674. The van der Waals surface area contributed by atoms with Crippen molar-refractivity contribution >= 4 is 41.5 Å². The number of morpholine rings is 1. The van der Waals surface area contributed by atoms with Crippen LogP contribution < -0.4 is 5.73 Å². The smallest absolute Gasteiger partial charge is 0.191 e. The van der Waals surface area contributed by atoms with Crippen LogP contribution in [0.5, 0.6) is 0 Å². The van der Waals surface area contributed by atoms with Crippen LogP contribution in [0.1, 0.15) is 12.0 Å². The standard InChI is InChI=1S/C14H20ClN3O.HI/c15-13-6-2-1-4-12(13)5-3-7-17-14(16)18-8-10-19-11-9-18;/h1-2,4,6H,3,5,7-11H2,(H2,16,17);1H. The number of benzene rings is 1. The summed E-state index contributed by atoms with van der Waals surface area (Å²) in [4.78, 5) is 6.48. The summed E-state index contributed by atoms with van der Waals surface area (Å²) in [5, 5.41) is 0.827. The van der Waals surface area contributed by atoms with E-state index < -0.39 is 0 Å². The summed E-state index contributed by atoms with van der Waals surface area (Å²) in [5.74, 6) is 0.627. The molecule has 0 radical (unpaired) electrons. The molecule has 0 bridgehead atoms. The van der Waals surface area contributed by atoms with Gasteiger partial charge in [-0.3, -0.25) is 4.99 Å². The maximum atomic E-state index is 6.10. The Morgan fingerprint density at radius 3 is 2.70 bits per heavy atom. The third-order valence-corrected chi connectivity index (χ3v) is 3.54. The number of aliphatic imine (C=N–C) groups is 1. The van der Waals surface area contributed by atoms with E-state index in [0.717, 1.165) is 50.7 Å². The van der Waals surface area contributed by atoms with Crippen LogP contribution in [0.4, 0.5) is 0 Å². The molecule has 0 saturated carbocycles. The zero-order valence-electron chi connectivity index (χ0n) is 11.4. The molecule has 0 aliphatic carbocycles. The Kier molecular flexibility index (Phi) is 8.25. The SMILES string of the molecule is I.NC(=NCCCc1ccccc1Cl)N1CCOCC1. The normalized spacial score (nSPS) is 15.8. The van der Waals surface area contributed by atoms with Crippen molar-refractivity contribution < 1.29 is 4.74 Å². The van der Waals surface area contributed by atoms with Crippen molar-refractivity contribution in [3.8, 4) is 0 Å². The molecule has 1 saturated heterocycles. The molecule has 112 valence electrons. The molecule has 1 aromatic carbocycles. The zero-order chi connectivity index (χ0) is 13.5. The molecule has 0 unspecified atom stereocenters. The van der Waals surface area contributed by atoms with Gasteiger partial charge >= 0.3 is 0 Å². The topological polar surface area (TPSA) is 50.8 Å². The number of rotatable bonds is 4. The molecule has 1 aliphatic rings. The van der Waals surface area contributed by atoms with E-state index in [9.17, 15) is 0 Å². The van der Waals surface area contributed by atoms with Crippen LogP contribution in [0.3, 0.4) is 0 Å². The Hall–Kier alpha value is -0.530. The van der Waals surface area contributed by atoms with Crippen molar-refractivity contribution in [2.45, 2.75) is 12.8 Å². The Morgan fingerprint density at radius 2 is 2.00 bits per heavy atom. The summed E-state index contributed by atoms with van der Waals surface area (Å²) in [7, 11) is 0. The van der Waals surface area contributed by atoms with Gasteiger partial charge in [-0.1, -0.05) is 29.8 Å². The van der Waals surface area contributed by atoms with Crippen molar-refractivity contribution in [1.29, 1.82) is 0 Å². The Balaban J connectivity index is 0.00000200. The maximum absolute atomic E-state index is 6.10. The second kappa shape index (κ2) is 9.41. The second-order valence-corrected chi connectivity index (χ2v) is 4.94. The number of nitrogens with zero attached hydrogens (tertiary/aromatic N) is 2. The zero-order valence-corrected chi connectivity index (χ0v) is 14.5. The van der Waals surface area contributed by atoms with E-state index in [4.69, 9.17) is 22.1 Å². The van der Waals surface area contributed by atoms with E-state index >= 15 is 0 Å². The number of hydrogen-bond donors (Lipinski definition) is 1. The number of halogens is 2. The molecule has 2 N–H and O–H groups in total. The van der Waals surface area contributed by atoms with Gasteiger partial charge in [0.05, 0.1) is 13.2 Å². The highest BCUT2D eigenvalue weighted by atomic mass is 127. The van der Waals surface area contributed by atoms with Gasteiger partial charge in [0.1, 0.15) is 0 Å². The van der Waals surface area contributed by atoms with E-state index in [1.807, 2.05) is 18.2 Å². The van der Waals surface area contributed by atoms with Crippen LogP contribution in [0.2, 0.25) is 5.02 Å². The molecular formula is C14H21ClIN3O. The molecule has 20 heavy (non-hydrogen) atoms. The van der Waals surface area contributed by atoms with Gasteiger partial charge in [-0.2, -0.15) is 0 Å². The fourth-order valence-corrected chi connectivity index (χ4v) is 2.29. The fraction of sp³-hybridized carbons (Fsp3) is 0.500. The molecule has 6 heteroatoms. The molecule has 0 aromatic heterocycles. The molecule has 0 atom stereocenters. The van der Waals surface area contributed by atoms with Crippen molar-refractivity contribution in [3.63, 3.8) is 0 Å². The van der Waals surface area contributed by atoms with Gasteiger partial charge in [-0.25, -0.2) is 0 Å². The number of guanidine groups is 1. The van der Waals surface area contributed by atoms with Gasteiger partial charge in [-0.15, -0.1) is 24.0 Å². The van der Waals surface area contributed by atoms with Gasteiger partial charge in [0.2, 0.25) is 0 Å². The first-order valence-corrected chi connectivity index (χ1v) is 7.01. The summed E-state index contributed by atoms with van der Waals surface area (Å²) in [5.41, 5.74) is 7.12. The van der Waals surface area contributed by atoms with Crippen molar-refractivity contribution in [2.75, 3.05) is 32.8 Å². The second-order valence-electron chi connectivity index (χ2n) is 4.53. The minimum absolute atomic E-state index is 0. The monoisotopic (exact) mass is 409 g/mol. The number of nitrogens with two attached hydrogens (primary N) is 1. The lowest BCUT2D eigenvalue weighted by Gasteiger charge is -2.27. The molecule has 2 rings (SSSR count). The van der Waals surface area contributed by atoms with E-state index in [-0.39, 0.29) is 24.0 Å². The van der Waals surface area contributed by atoms with E-state index in [0.29, 0.717) is 5.96 Å². The predicted octanol–water partition coefficient (Wildman–Crippen LogP) is 2.54. The maximum Gasteiger partial charge on any atom is 0.191 e. The molecule has 1 aromatic rings. The van der Waals surface area contributed by atoms with Crippen LogP contribution in [0.15, 0.2) is 29.3 Å². The minimum atomic E-state index is 0. The Morgan fingerprint density at radius 1 is 1.30 bits per heavy atom. The summed E-state index contributed by atoms with van der Waals surface area (Å²) < 4.78 is 5.28. The number of hydrogen-bond acceptors (Lipinski definition) is 2. The quantitative estimate of drug-likeness (QED) is 0.360. The minimum Gasteiger partial charge on any atom is -0.378 e. The Bertz CT molecular complexity index is 436. The highest BCUT2D eigenvalue weighted by molar-refractivity contribution is 14.0. The first-order chi connectivity index (χ1) is 9.27. The van der Waals surface area contributed by atoms with Crippen LogP contribution in [-0.4, -0.2) is 43.7 Å². The van der Waals surface area contributed by atoms with Crippen LogP contribution in [0.25, 0.3) is 0 Å².